The number of methoxy groups -OCH3 is 1. The number of rotatable bonds is 9. The fourth-order valence-corrected chi connectivity index (χ4v) is 4.93. The van der Waals surface area contributed by atoms with E-state index in [1.54, 1.807) is 42.5 Å². The minimum atomic E-state index is -1.21. The highest BCUT2D eigenvalue weighted by molar-refractivity contribution is 6.52. The van der Waals surface area contributed by atoms with Crippen molar-refractivity contribution in [2.45, 2.75) is 19.5 Å². The minimum absolute atomic E-state index is 0.0151. The highest BCUT2D eigenvalue weighted by Crippen LogP contribution is 2.31. The van der Waals surface area contributed by atoms with Gasteiger partial charge in [-0.1, -0.05) is 48.5 Å². The normalized spacial score (nSPS) is 13.0. The maximum absolute atomic E-state index is 14.1. The quantitative estimate of drug-likeness (QED) is 0.286. The summed E-state index contributed by atoms with van der Waals surface area (Å²) in [5.74, 6) is -2.53. The van der Waals surface area contributed by atoms with E-state index in [1.165, 1.54) is 42.3 Å². The van der Waals surface area contributed by atoms with Crippen molar-refractivity contribution >= 4 is 34.9 Å². The summed E-state index contributed by atoms with van der Waals surface area (Å²) in [7, 11) is 1.53. The third kappa shape index (κ3) is 5.76. The molecule has 212 valence electrons. The van der Waals surface area contributed by atoms with Crippen molar-refractivity contribution in [3.8, 4) is 5.75 Å². The zero-order valence-corrected chi connectivity index (χ0v) is 23.0. The van der Waals surface area contributed by atoms with Crippen LogP contribution in [0.1, 0.15) is 33.1 Å². The number of ether oxygens (including phenoxy) is 1. The molecule has 4 aromatic carbocycles. The summed E-state index contributed by atoms with van der Waals surface area (Å²) < 4.78 is 19.1. The molecule has 0 unspecified atom stereocenters. The van der Waals surface area contributed by atoms with Gasteiger partial charge >= 0.3 is 0 Å². The van der Waals surface area contributed by atoms with Crippen LogP contribution in [0.2, 0.25) is 0 Å². The zero-order valence-electron chi connectivity index (χ0n) is 23.0. The lowest BCUT2D eigenvalue weighted by Crippen LogP contribution is -2.46. The number of nitrogens with one attached hydrogen (secondary N) is 1. The molecule has 5 rings (SSSR count). The molecule has 42 heavy (non-hydrogen) atoms. The monoisotopic (exact) mass is 565 g/mol. The van der Waals surface area contributed by atoms with Crippen LogP contribution in [0.5, 0.6) is 5.75 Å². The van der Waals surface area contributed by atoms with E-state index in [0.717, 1.165) is 16.0 Å². The molecule has 1 heterocycles. The van der Waals surface area contributed by atoms with Crippen molar-refractivity contribution in [1.82, 2.24) is 4.90 Å². The molecule has 0 spiro atoms. The Hall–Kier alpha value is -5.31. The van der Waals surface area contributed by atoms with Crippen molar-refractivity contribution in [2.75, 3.05) is 23.9 Å². The van der Waals surface area contributed by atoms with E-state index in [-0.39, 0.29) is 12.1 Å². The molecular formula is C33H28FN3O5. The number of benzene rings is 4. The van der Waals surface area contributed by atoms with Crippen molar-refractivity contribution < 1.29 is 28.3 Å². The van der Waals surface area contributed by atoms with E-state index in [1.807, 2.05) is 31.2 Å². The van der Waals surface area contributed by atoms with Crippen LogP contribution in [0.15, 0.2) is 97.1 Å². The average molecular weight is 566 g/mol. The summed E-state index contributed by atoms with van der Waals surface area (Å²) >= 11 is 0. The summed E-state index contributed by atoms with van der Waals surface area (Å²) in [6.45, 7) is 1.43. The summed E-state index contributed by atoms with van der Waals surface area (Å²) in [5, 5.41) is 2.85. The third-order valence-corrected chi connectivity index (χ3v) is 7.20. The van der Waals surface area contributed by atoms with Crippen molar-refractivity contribution in [3.05, 3.63) is 125 Å². The summed E-state index contributed by atoms with van der Waals surface area (Å²) in [6, 6.07) is 24.7. The molecule has 0 aliphatic carbocycles. The lowest BCUT2D eigenvalue weighted by Gasteiger charge is -2.33. The van der Waals surface area contributed by atoms with Gasteiger partial charge in [0.15, 0.2) is 0 Å². The van der Waals surface area contributed by atoms with Crippen molar-refractivity contribution in [2.24, 2.45) is 0 Å². The molecule has 0 saturated carbocycles. The molecular weight excluding hydrogens is 537 g/mol. The van der Waals surface area contributed by atoms with Gasteiger partial charge in [-0.25, -0.2) is 4.39 Å². The molecule has 0 aromatic heterocycles. The molecule has 1 N–H and O–H groups in total. The number of hydrogen-bond donors (Lipinski definition) is 1. The molecule has 4 aromatic rings. The van der Waals surface area contributed by atoms with Crippen LogP contribution in [-0.2, 0) is 20.9 Å². The second-order valence-electron chi connectivity index (χ2n) is 9.86. The number of hydrogen-bond acceptors (Lipinski definition) is 5. The number of anilines is 2. The number of amides is 3. The molecule has 0 radical (unpaired) electrons. The van der Waals surface area contributed by atoms with Gasteiger partial charge in [-0.3, -0.25) is 24.1 Å². The predicted octanol–water partition coefficient (Wildman–Crippen LogP) is 5.08. The maximum atomic E-state index is 14.1. The Kier molecular flexibility index (Phi) is 8.10. The van der Waals surface area contributed by atoms with E-state index in [2.05, 4.69) is 5.32 Å². The Labute approximate surface area is 242 Å². The fraction of sp³-hybridized carbons (Fsp3) is 0.152. The Morgan fingerprint density at radius 1 is 0.905 bits per heavy atom. The van der Waals surface area contributed by atoms with Crippen LogP contribution >= 0.6 is 0 Å². The van der Waals surface area contributed by atoms with Gasteiger partial charge < -0.3 is 15.0 Å². The SMILES string of the molecule is COc1ccc(NC(=O)[C@H](c2ccc(F)cc2)N(Cc2ccccc2C)C(=O)CN2C(=O)C(=O)c3ccccc32)cc1. The second kappa shape index (κ2) is 12.1. The molecule has 8 nitrogen and oxygen atoms in total. The number of carbonyl (C=O) groups is 4. The number of Topliss-reactive ketones (excluding diaryl/α,β-unsaturated/α-hetero) is 1. The molecule has 3 amide bonds. The van der Waals surface area contributed by atoms with Gasteiger partial charge in [0.05, 0.1) is 18.4 Å². The zero-order chi connectivity index (χ0) is 29.8. The van der Waals surface area contributed by atoms with Crippen molar-refractivity contribution in [3.63, 3.8) is 0 Å². The van der Waals surface area contributed by atoms with Crippen LogP contribution < -0.4 is 15.0 Å². The summed E-state index contributed by atoms with van der Waals surface area (Å²) in [6.07, 6.45) is 0. The van der Waals surface area contributed by atoms with Crippen LogP contribution in [0.3, 0.4) is 0 Å². The first-order valence-electron chi connectivity index (χ1n) is 13.3. The fourth-order valence-electron chi connectivity index (χ4n) is 4.93. The number of halogens is 1. The lowest BCUT2D eigenvalue weighted by atomic mass is 10.0. The van der Waals surface area contributed by atoms with E-state index in [9.17, 15) is 23.6 Å². The first kappa shape index (κ1) is 28.2. The first-order chi connectivity index (χ1) is 20.3. The standard InChI is InChI=1S/C33H28FN3O5/c1-21-7-3-4-8-23(21)19-37(29(38)20-36-28-10-6-5-9-27(28)31(39)33(36)41)30(22-11-13-24(34)14-12-22)32(40)35-25-15-17-26(42-2)18-16-25/h3-18,30H,19-20H2,1-2H3,(H,35,40)/t30-/m0/s1. The largest absolute Gasteiger partial charge is 0.497 e. The van der Waals surface area contributed by atoms with Crippen LogP contribution in [-0.4, -0.2) is 42.1 Å². The van der Waals surface area contributed by atoms with E-state index >= 15 is 0 Å². The third-order valence-electron chi connectivity index (χ3n) is 7.20. The number of fused-ring (bicyclic) bond motifs is 1. The van der Waals surface area contributed by atoms with E-state index in [0.29, 0.717) is 22.7 Å². The van der Waals surface area contributed by atoms with Crippen LogP contribution in [0.25, 0.3) is 0 Å². The van der Waals surface area contributed by atoms with Gasteiger partial charge in [0, 0.05) is 12.2 Å². The van der Waals surface area contributed by atoms with Gasteiger partial charge in [0.25, 0.3) is 17.6 Å². The summed E-state index contributed by atoms with van der Waals surface area (Å²) in [4.78, 5) is 56.1. The molecule has 1 atom stereocenters. The molecule has 9 heteroatoms. The maximum Gasteiger partial charge on any atom is 0.299 e. The molecule has 0 bridgehead atoms. The summed E-state index contributed by atoms with van der Waals surface area (Å²) in [5.41, 5.74) is 3.05. The van der Waals surface area contributed by atoms with Crippen LogP contribution in [0.4, 0.5) is 15.8 Å². The molecule has 1 aliphatic heterocycles. The average Bonchev–Trinajstić information content (AvgIpc) is 3.24. The first-order valence-corrected chi connectivity index (χ1v) is 13.3. The van der Waals surface area contributed by atoms with Gasteiger partial charge in [-0.15, -0.1) is 0 Å². The van der Waals surface area contributed by atoms with Gasteiger partial charge in [-0.05, 0) is 72.1 Å². The lowest BCUT2D eigenvalue weighted by molar-refractivity contribution is -0.139. The number of para-hydroxylation sites is 1. The number of aryl methyl sites for hydroxylation is 1. The van der Waals surface area contributed by atoms with Gasteiger partial charge in [0.1, 0.15) is 24.2 Å². The Balaban J connectivity index is 1.55. The Morgan fingerprint density at radius 2 is 1.57 bits per heavy atom. The molecule has 1 aliphatic rings. The molecule has 0 fully saturated rings. The van der Waals surface area contributed by atoms with E-state index < -0.39 is 41.9 Å². The van der Waals surface area contributed by atoms with Gasteiger partial charge in [-0.2, -0.15) is 0 Å². The smallest absolute Gasteiger partial charge is 0.299 e. The predicted molar refractivity (Wildman–Crippen MR) is 156 cm³/mol. The Morgan fingerprint density at radius 3 is 2.26 bits per heavy atom. The number of carbonyl (C=O) groups excluding carboxylic acids is 4. The minimum Gasteiger partial charge on any atom is -0.497 e. The number of ketones is 1. The van der Waals surface area contributed by atoms with Crippen LogP contribution in [0, 0.1) is 12.7 Å². The van der Waals surface area contributed by atoms with Crippen molar-refractivity contribution in [1.29, 1.82) is 0 Å². The number of nitrogens with zero attached hydrogens (tertiary/aromatic N) is 2. The molecule has 0 saturated heterocycles. The topological polar surface area (TPSA) is 96.0 Å². The van der Waals surface area contributed by atoms with Gasteiger partial charge in [0.2, 0.25) is 5.91 Å². The highest BCUT2D eigenvalue weighted by Gasteiger charge is 2.39. The highest BCUT2D eigenvalue weighted by atomic mass is 19.1. The Bertz CT molecular complexity index is 1650. The van der Waals surface area contributed by atoms with E-state index in [4.69, 9.17) is 4.74 Å². The second-order valence-corrected chi connectivity index (χ2v) is 9.86.